The molecule has 1 aliphatic heterocycles. The Balaban J connectivity index is 1.53. The minimum Gasteiger partial charge on any atom is -0.294 e. The summed E-state index contributed by atoms with van der Waals surface area (Å²) in [6.45, 7) is 2.52. The molecular formula is C17H15ClN6. The molecule has 4 rings (SSSR count). The minimum absolute atomic E-state index is 0.679. The van der Waals surface area contributed by atoms with Crippen molar-refractivity contribution in [2.24, 2.45) is 0 Å². The van der Waals surface area contributed by atoms with Crippen LogP contribution < -0.4 is 0 Å². The lowest BCUT2D eigenvalue weighted by Crippen LogP contribution is -2.31. The van der Waals surface area contributed by atoms with Gasteiger partial charge in [0.25, 0.3) is 0 Å². The molecule has 120 valence electrons. The summed E-state index contributed by atoms with van der Waals surface area (Å²) in [5, 5.41) is 0.756. The highest BCUT2D eigenvalue weighted by molar-refractivity contribution is 6.31. The Labute approximate surface area is 144 Å². The van der Waals surface area contributed by atoms with E-state index in [4.69, 9.17) is 11.6 Å². The Morgan fingerprint density at radius 3 is 2.79 bits per heavy atom. The van der Waals surface area contributed by atoms with Crippen LogP contribution in [0.1, 0.15) is 16.8 Å². The van der Waals surface area contributed by atoms with Gasteiger partial charge in [-0.3, -0.25) is 9.88 Å². The Bertz CT molecular complexity index is 855. The van der Waals surface area contributed by atoms with Crippen LogP contribution in [0, 0.1) is 0 Å². The molecule has 0 atom stereocenters. The summed E-state index contributed by atoms with van der Waals surface area (Å²) in [6, 6.07) is 1.83. The molecule has 0 bridgehead atoms. The maximum Gasteiger partial charge on any atom is 0.162 e. The van der Waals surface area contributed by atoms with Crippen molar-refractivity contribution in [3.05, 3.63) is 65.2 Å². The first-order valence-electron chi connectivity index (χ1n) is 7.70. The van der Waals surface area contributed by atoms with Crippen LogP contribution in [0.2, 0.25) is 5.02 Å². The van der Waals surface area contributed by atoms with E-state index in [9.17, 15) is 0 Å². The zero-order valence-corrected chi connectivity index (χ0v) is 13.7. The number of aromatic nitrogens is 5. The number of hydrogen-bond donors (Lipinski definition) is 0. The molecule has 0 spiro atoms. The lowest BCUT2D eigenvalue weighted by Gasteiger charge is -2.28. The van der Waals surface area contributed by atoms with Crippen LogP contribution in [-0.2, 0) is 19.5 Å². The van der Waals surface area contributed by atoms with Gasteiger partial charge < -0.3 is 0 Å². The molecule has 6 nitrogen and oxygen atoms in total. The fourth-order valence-corrected chi connectivity index (χ4v) is 3.00. The SMILES string of the molecule is Clc1ccncc1CN1CCc2nc(-c3cncnc3)ncc2C1. The summed E-state index contributed by atoms with van der Waals surface area (Å²) in [7, 11) is 0. The van der Waals surface area contributed by atoms with E-state index in [1.54, 1.807) is 18.6 Å². The van der Waals surface area contributed by atoms with E-state index in [0.717, 1.165) is 53.5 Å². The first kappa shape index (κ1) is 15.1. The average molecular weight is 339 g/mol. The van der Waals surface area contributed by atoms with Crippen molar-refractivity contribution in [1.82, 2.24) is 29.8 Å². The normalized spacial score (nSPS) is 14.4. The fourth-order valence-electron chi connectivity index (χ4n) is 2.83. The summed E-state index contributed by atoms with van der Waals surface area (Å²) < 4.78 is 0. The van der Waals surface area contributed by atoms with Gasteiger partial charge in [0.05, 0.1) is 11.3 Å². The summed E-state index contributed by atoms with van der Waals surface area (Å²) in [5.74, 6) is 0.679. The lowest BCUT2D eigenvalue weighted by molar-refractivity contribution is 0.243. The van der Waals surface area contributed by atoms with Crippen LogP contribution in [0.4, 0.5) is 0 Å². The average Bonchev–Trinajstić information content (AvgIpc) is 2.64. The van der Waals surface area contributed by atoms with Crippen molar-refractivity contribution >= 4 is 11.6 Å². The molecule has 0 aliphatic carbocycles. The standard InChI is InChI=1S/C17H15ClN6/c18-15-1-3-19-7-13(15)9-24-4-2-16-14(10-24)8-22-17(23-16)12-5-20-11-21-6-12/h1,3,5-8,11H,2,4,9-10H2. The topological polar surface area (TPSA) is 67.7 Å². The Morgan fingerprint density at radius 2 is 1.96 bits per heavy atom. The molecular weight excluding hydrogens is 324 g/mol. The maximum absolute atomic E-state index is 6.23. The second-order valence-corrected chi connectivity index (χ2v) is 6.13. The van der Waals surface area contributed by atoms with Crippen LogP contribution >= 0.6 is 11.6 Å². The van der Waals surface area contributed by atoms with Gasteiger partial charge in [0.1, 0.15) is 6.33 Å². The molecule has 4 heterocycles. The first-order valence-corrected chi connectivity index (χ1v) is 8.08. The smallest absolute Gasteiger partial charge is 0.162 e. The molecule has 0 radical (unpaired) electrons. The van der Waals surface area contributed by atoms with Crippen molar-refractivity contribution in [2.45, 2.75) is 19.5 Å². The van der Waals surface area contributed by atoms with E-state index in [0.29, 0.717) is 5.82 Å². The largest absolute Gasteiger partial charge is 0.294 e. The van der Waals surface area contributed by atoms with Crippen molar-refractivity contribution in [3.8, 4) is 11.4 Å². The van der Waals surface area contributed by atoms with Crippen LogP contribution in [-0.4, -0.2) is 36.4 Å². The molecule has 0 fully saturated rings. The van der Waals surface area contributed by atoms with Crippen molar-refractivity contribution in [2.75, 3.05) is 6.54 Å². The number of hydrogen-bond acceptors (Lipinski definition) is 6. The van der Waals surface area contributed by atoms with Gasteiger partial charge in [0, 0.05) is 73.2 Å². The van der Waals surface area contributed by atoms with Gasteiger partial charge in [-0.05, 0) is 6.07 Å². The molecule has 0 N–H and O–H groups in total. The number of nitrogens with zero attached hydrogens (tertiary/aromatic N) is 6. The minimum atomic E-state index is 0.679. The van der Waals surface area contributed by atoms with Gasteiger partial charge in [-0.2, -0.15) is 0 Å². The molecule has 0 unspecified atom stereocenters. The third kappa shape index (κ3) is 3.11. The van der Waals surface area contributed by atoms with E-state index in [1.165, 1.54) is 6.33 Å². The molecule has 24 heavy (non-hydrogen) atoms. The third-order valence-electron chi connectivity index (χ3n) is 4.07. The lowest BCUT2D eigenvalue weighted by atomic mass is 10.1. The van der Waals surface area contributed by atoms with Crippen LogP contribution in [0.25, 0.3) is 11.4 Å². The summed E-state index contributed by atoms with van der Waals surface area (Å²) >= 11 is 6.23. The van der Waals surface area contributed by atoms with Gasteiger partial charge in [-0.15, -0.1) is 0 Å². The zero-order chi connectivity index (χ0) is 16.4. The number of rotatable bonds is 3. The highest BCUT2D eigenvalue weighted by atomic mass is 35.5. The first-order chi connectivity index (χ1) is 11.8. The number of halogens is 1. The van der Waals surface area contributed by atoms with Crippen LogP contribution in [0.3, 0.4) is 0 Å². The van der Waals surface area contributed by atoms with Gasteiger partial charge in [0.2, 0.25) is 0 Å². The third-order valence-corrected chi connectivity index (χ3v) is 4.44. The molecule has 3 aromatic rings. The quantitative estimate of drug-likeness (QED) is 0.731. The van der Waals surface area contributed by atoms with E-state index in [-0.39, 0.29) is 0 Å². The zero-order valence-electron chi connectivity index (χ0n) is 12.9. The van der Waals surface area contributed by atoms with Crippen LogP contribution in [0.15, 0.2) is 43.4 Å². The molecule has 0 saturated carbocycles. The number of fused-ring (bicyclic) bond motifs is 1. The van der Waals surface area contributed by atoms with Gasteiger partial charge >= 0.3 is 0 Å². The molecule has 0 saturated heterocycles. The van der Waals surface area contributed by atoms with Crippen LogP contribution in [0.5, 0.6) is 0 Å². The van der Waals surface area contributed by atoms with E-state index >= 15 is 0 Å². The van der Waals surface area contributed by atoms with Crippen molar-refractivity contribution < 1.29 is 0 Å². The highest BCUT2D eigenvalue weighted by Crippen LogP contribution is 2.23. The summed E-state index contributed by atoms with van der Waals surface area (Å²) in [5.41, 5.74) is 4.13. The Morgan fingerprint density at radius 1 is 1.08 bits per heavy atom. The Kier molecular flexibility index (Phi) is 4.15. The summed E-state index contributed by atoms with van der Waals surface area (Å²) in [6.07, 6.45) is 11.3. The molecule has 7 heteroatoms. The van der Waals surface area contributed by atoms with Crippen molar-refractivity contribution in [3.63, 3.8) is 0 Å². The van der Waals surface area contributed by atoms with E-state index in [1.807, 2.05) is 18.5 Å². The second-order valence-electron chi connectivity index (χ2n) is 5.72. The van der Waals surface area contributed by atoms with Gasteiger partial charge in [0.15, 0.2) is 5.82 Å². The van der Waals surface area contributed by atoms with E-state index in [2.05, 4.69) is 29.8 Å². The maximum atomic E-state index is 6.23. The van der Waals surface area contributed by atoms with Gasteiger partial charge in [-0.25, -0.2) is 19.9 Å². The number of pyridine rings is 1. The Hall–Kier alpha value is -2.44. The fraction of sp³-hybridized carbons (Fsp3) is 0.235. The predicted molar refractivity (Wildman–Crippen MR) is 90.1 cm³/mol. The highest BCUT2D eigenvalue weighted by Gasteiger charge is 2.19. The molecule has 3 aromatic heterocycles. The molecule has 0 aromatic carbocycles. The van der Waals surface area contributed by atoms with Crippen molar-refractivity contribution in [1.29, 1.82) is 0 Å². The monoisotopic (exact) mass is 338 g/mol. The van der Waals surface area contributed by atoms with E-state index < -0.39 is 0 Å². The molecule has 0 amide bonds. The molecule has 1 aliphatic rings. The second kappa shape index (κ2) is 6.59. The summed E-state index contributed by atoms with van der Waals surface area (Å²) in [4.78, 5) is 23.7. The van der Waals surface area contributed by atoms with Gasteiger partial charge in [-0.1, -0.05) is 11.6 Å². The predicted octanol–water partition coefficient (Wildman–Crippen LogP) is 2.54.